The van der Waals surface area contributed by atoms with E-state index in [0.717, 1.165) is 5.52 Å². The predicted octanol–water partition coefficient (Wildman–Crippen LogP) is 3.55. The lowest BCUT2D eigenvalue weighted by molar-refractivity contribution is 0.948. The normalized spacial score (nSPS) is 10.9. The molecule has 0 fully saturated rings. The Kier molecular flexibility index (Phi) is 2.22. The Labute approximate surface area is 101 Å². The number of aryl methyl sites for hydroxylation is 2. The molecular weight excluding hydrogens is 208 g/mol. The molecule has 1 heterocycles. The first kappa shape index (κ1) is 10.1. The Hall–Kier alpha value is -2.09. The maximum atomic E-state index is 4.33. The van der Waals surface area contributed by atoms with E-state index in [1.54, 1.807) is 0 Å². The van der Waals surface area contributed by atoms with Gasteiger partial charge in [0.15, 0.2) is 0 Å². The van der Waals surface area contributed by atoms with Crippen LogP contribution < -0.4 is 0 Å². The Balaban J connectivity index is 2.17. The topological polar surface area (TPSA) is 17.8 Å². The van der Waals surface area contributed by atoms with Crippen molar-refractivity contribution in [2.75, 3.05) is 0 Å². The Morgan fingerprint density at radius 2 is 1.65 bits per heavy atom. The van der Waals surface area contributed by atoms with E-state index in [-0.39, 0.29) is 0 Å². The molecule has 3 aromatic rings. The molecule has 2 heteroatoms. The number of hydrogen-bond acceptors (Lipinski definition) is 1. The van der Waals surface area contributed by atoms with Crippen LogP contribution in [0.25, 0.3) is 22.2 Å². The van der Waals surface area contributed by atoms with Crippen molar-refractivity contribution in [1.82, 2.24) is 9.55 Å². The number of aromatic nitrogens is 2. The molecule has 0 radical (unpaired) electrons. The van der Waals surface area contributed by atoms with Gasteiger partial charge in [-0.1, -0.05) is 35.9 Å². The van der Waals surface area contributed by atoms with Gasteiger partial charge in [-0.05, 0) is 30.2 Å². The second-order valence-corrected chi connectivity index (χ2v) is 4.42. The van der Waals surface area contributed by atoms with E-state index < -0.39 is 0 Å². The molecule has 1 aromatic heterocycles. The summed E-state index contributed by atoms with van der Waals surface area (Å²) in [6, 6.07) is 15.0. The van der Waals surface area contributed by atoms with Gasteiger partial charge in [-0.2, -0.15) is 0 Å². The first-order chi connectivity index (χ1) is 8.24. The van der Waals surface area contributed by atoms with Crippen LogP contribution in [-0.2, 0) is 7.05 Å². The maximum Gasteiger partial charge on any atom is 0.0955 e. The summed E-state index contributed by atoms with van der Waals surface area (Å²) in [6.45, 7) is 2.11. The highest BCUT2D eigenvalue weighted by Crippen LogP contribution is 2.23. The molecule has 0 N–H and O–H groups in total. The van der Waals surface area contributed by atoms with Crippen molar-refractivity contribution in [1.29, 1.82) is 0 Å². The molecule has 0 aliphatic rings. The fraction of sp³-hybridized carbons (Fsp3) is 0.133. The number of benzene rings is 2. The molecule has 2 aromatic carbocycles. The van der Waals surface area contributed by atoms with Crippen molar-refractivity contribution in [2.45, 2.75) is 6.92 Å². The van der Waals surface area contributed by atoms with Crippen LogP contribution in [0.4, 0.5) is 0 Å². The van der Waals surface area contributed by atoms with Gasteiger partial charge in [0, 0.05) is 7.05 Å². The summed E-state index contributed by atoms with van der Waals surface area (Å²) in [4.78, 5) is 4.33. The van der Waals surface area contributed by atoms with Crippen LogP contribution in [0.3, 0.4) is 0 Å². The van der Waals surface area contributed by atoms with E-state index in [0.29, 0.717) is 0 Å². The van der Waals surface area contributed by atoms with Crippen molar-refractivity contribution >= 4 is 11.0 Å². The van der Waals surface area contributed by atoms with E-state index >= 15 is 0 Å². The first-order valence-electron chi connectivity index (χ1n) is 5.72. The molecule has 0 unspecified atom stereocenters. The van der Waals surface area contributed by atoms with E-state index in [4.69, 9.17) is 0 Å². The molecule has 0 saturated heterocycles. The monoisotopic (exact) mass is 222 g/mol. The summed E-state index contributed by atoms with van der Waals surface area (Å²) in [6.07, 6.45) is 1.85. The zero-order valence-electron chi connectivity index (χ0n) is 10.0. The van der Waals surface area contributed by atoms with Gasteiger partial charge >= 0.3 is 0 Å². The van der Waals surface area contributed by atoms with Crippen LogP contribution in [0.5, 0.6) is 0 Å². The summed E-state index contributed by atoms with van der Waals surface area (Å²) in [5, 5.41) is 0. The molecule has 3 rings (SSSR count). The molecule has 0 aliphatic heterocycles. The molecule has 0 aliphatic carbocycles. The second kappa shape index (κ2) is 3.74. The van der Waals surface area contributed by atoms with Gasteiger partial charge in [0.2, 0.25) is 0 Å². The lowest BCUT2D eigenvalue weighted by Gasteiger charge is -2.03. The van der Waals surface area contributed by atoms with Crippen LogP contribution in [0.15, 0.2) is 48.8 Å². The summed E-state index contributed by atoms with van der Waals surface area (Å²) in [5.74, 6) is 0. The zero-order chi connectivity index (χ0) is 11.8. The van der Waals surface area contributed by atoms with Gasteiger partial charge in [-0.3, -0.25) is 0 Å². The predicted molar refractivity (Wildman–Crippen MR) is 70.9 cm³/mol. The summed E-state index contributed by atoms with van der Waals surface area (Å²) < 4.78 is 2.05. The number of imidazole rings is 1. The highest BCUT2D eigenvalue weighted by molar-refractivity contribution is 5.82. The summed E-state index contributed by atoms with van der Waals surface area (Å²) in [5.41, 5.74) is 5.99. The lowest BCUT2D eigenvalue weighted by Crippen LogP contribution is -1.85. The number of fused-ring (bicyclic) bond motifs is 1. The Morgan fingerprint density at radius 1 is 0.941 bits per heavy atom. The molecule has 2 nitrogen and oxygen atoms in total. The highest BCUT2D eigenvalue weighted by Gasteiger charge is 2.02. The smallest absolute Gasteiger partial charge is 0.0955 e. The fourth-order valence-corrected chi connectivity index (χ4v) is 2.05. The average Bonchev–Trinajstić information content (AvgIpc) is 2.72. The van der Waals surface area contributed by atoms with E-state index in [9.17, 15) is 0 Å². The fourth-order valence-electron chi connectivity index (χ4n) is 2.05. The SMILES string of the molecule is Cc1ccc(-c2ccc3ncn(C)c3c2)cc1. The van der Waals surface area contributed by atoms with Crippen LogP contribution in [0.1, 0.15) is 5.56 Å². The Bertz CT molecular complexity index is 663. The quantitative estimate of drug-likeness (QED) is 0.615. The summed E-state index contributed by atoms with van der Waals surface area (Å²) in [7, 11) is 2.02. The van der Waals surface area contributed by atoms with E-state index in [1.165, 1.54) is 22.2 Å². The van der Waals surface area contributed by atoms with Gasteiger partial charge < -0.3 is 4.57 Å². The third-order valence-electron chi connectivity index (χ3n) is 3.11. The van der Waals surface area contributed by atoms with Crippen molar-refractivity contribution in [3.63, 3.8) is 0 Å². The minimum atomic E-state index is 1.04. The van der Waals surface area contributed by atoms with Crippen LogP contribution in [0.2, 0.25) is 0 Å². The first-order valence-corrected chi connectivity index (χ1v) is 5.72. The maximum absolute atomic E-state index is 4.33. The standard InChI is InChI=1S/C15H14N2/c1-11-3-5-12(6-4-11)13-7-8-14-15(9-13)17(2)10-16-14/h3-10H,1-2H3. The summed E-state index contributed by atoms with van der Waals surface area (Å²) >= 11 is 0. The van der Waals surface area contributed by atoms with Crippen molar-refractivity contribution in [2.24, 2.45) is 7.05 Å². The third kappa shape index (κ3) is 1.72. The van der Waals surface area contributed by atoms with E-state index in [2.05, 4.69) is 54.4 Å². The number of hydrogen-bond donors (Lipinski definition) is 0. The molecule has 84 valence electrons. The minimum absolute atomic E-state index is 1.04. The van der Waals surface area contributed by atoms with Crippen LogP contribution in [-0.4, -0.2) is 9.55 Å². The third-order valence-corrected chi connectivity index (χ3v) is 3.11. The molecule has 0 spiro atoms. The van der Waals surface area contributed by atoms with Crippen LogP contribution in [0, 0.1) is 6.92 Å². The zero-order valence-corrected chi connectivity index (χ0v) is 10.0. The van der Waals surface area contributed by atoms with Gasteiger partial charge in [0.05, 0.1) is 17.4 Å². The van der Waals surface area contributed by atoms with Gasteiger partial charge in [-0.25, -0.2) is 4.98 Å². The molecule has 0 atom stereocenters. The highest BCUT2D eigenvalue weighted by atomic mass is 15.0. The number of rotatable bonds is 1. The van der Waals surface area contributed by atoms with Crippen molar-refractivity contribution in [3.05, 3.63) is 54.4 Å². The minimum Gasteiger partial charge on any atom is -0.334 e. The molecule has 0 amide bonds. The van der Waals surface area contributed by atoms with Crippen molar-refractivity contribution in [3.8, 4) is 11.1 Å². The number of nitrogens with zero attached hydrogens (tertiary/aromatic N) is 2. The van der Waals surface area contributed by atoms with Gasteiger partial charge in [-0.15, -0.1) is 0 Å². The largest absolute Gasteiger partial charge is 0.334 e. The van der Waals surface area contributed by atoms with Crippen LogP contribution >= 0.6 is 0 Å². The van der Waals surface area contributed by atoms with Gasteiger partial charge in [0.25, 0.3) is 0 Å². The molecule has 0 bridgehead atoms. The molecular formula is C15H14N2. The lowest BCUT2D eigenvalue weighted by atomic mass is 10.0. The van der Waals surface area contributed by atoms with Gasteiger partial charge in [0.1, 0.15) is 0 Å². The second-order valence-electron chi connectivity index (χ2n) is 4.42. The molecule has 17 heavy (non-hydrogen) atoms. The van der Waals surface area contributed by atoms with E-state index in [1.807, 2.05) is 17.9 Å². The average molecular weight is 222 g/mol. The molecule has 0 saturated carbocycles. The van der Waals surface area contributed by atoms with Crippen molar-refractivity contribution < 1.29 is 0 Å². The Morgan fingerprint density at radius 3 is 2.41 bits per heavy atom.